The van der Waals surface area contributed by atoms with Gasteiger partial charge in [0.25, 0.3) is 0 Å². The van der Waals surface area contributed by atoms with Crippen LogP contribution in [0.1, 0.15) is 11.1 Å². The Labute approximate surface area is 141 Å². The molecule has 0 saturated heterocycles. The predicted molar refractivity (Wildman–Crippen MR) is 93.2 cm³/mol. The Morgan fingerprint density at radius 1 is 0.958 bits per heavy atom. The second-order valence-corrected chi connectivity index (χ2v) is 7.24. The van der Waals surface area contributed by atoms with Crippen LogP contribution in [-0.4, -0.2) is 19.5 Å². The average molecular weight is 341 g/mol. The summed E-state index contributed by atoms with van der Waals surface area (Å²) in [7, 11) is -4.27. The van der Waals surface area contributed by atoms with Gasteiger partial charge in [0.05, 0.1) is 11.4 Å². The van der Waals surface area contributed by atoms with E-state index in [0.717, 1.165) is 5.56 Å². The lowest BCUT2D eigenvalue weighted by Crippen LogP contribution is -2.75. The highest BCUT2D eigenvalue weighted by atomic mass is 32.2. The molecule has 3 aromatic carbocycles. The highest BCUT2D eigenvalue weighted by molar-refractivity contribution is 7.85. The lowest BCUT2D eigenvalue weighted by molar-refractivity contribution is -0.561. The lowest BCUT2D eigenvalue weighted by Gasteiger charge is -2.05. The van der Waals surface area contributed by atoms with Crippen molar-refractivity contribution in [2.75, 3.05) is 6.54 Å². The fourth-order valence-electron chi connectivity index (χ4n) is 2.90. The summed E-state index contributed by atoms with van der Waals surface area (Å²) < 4.78 is 31.2. The van der Waals surface area contributed by atoms with E-state index in [1.807, 2.05) is 6.92 Å². The molecule has 124 valence electrons. The SMILES string of the molecule is Cc1ccc(S(=O)(=O)[O-])cc1.c1ccc2c3c(ccc2c1)[NH2+]CC3. The quantitative estimate of drug-likeness (QED) is 0.546. The molecule has 0 amide bonds. The van der Waals surface area contributed by atoms with E-state index >= 15 is 0 Å². The minimum absolute atomic E-state index is 0.178. The molecule has 24 heavy (non-hydrogen) atoms. The lowest BCUT2D eigenvalue weighted by atomic mass is 10.0. The Kier molecular flexibility index (Phi) is 4.66. The first-order chi connectivity index (χ1) is 11.4. The molecule has 0 spiro atoms. The van der Waals surface area contributed by atoms with Crippen molar-refractivity contribution < 1.29 is 18.3 Å². The number of fused-ring (bicyclic) bond motifs is 3. The van der Waals surface area contributed by atoms with E-state index in [1.165, 1.54) is 47.1 Å². The van der Waals surface area contributed by atoms with E-state index in [2.05, 4.69) is 41.7 Å². The van der Waals surface area contributed by atoms with Crippen molar-refractivity contribution in [1.82, 2.24) is 0 Å². The van der Waals surface area contributed by atoms with Crippen molar-refractivity contribution in [1.29, 1.82) is 0 Å². The highest BCUT2D eigenvalue weighted by Crippen LogP contribution is 2.25. The summed E-state index contributed by atoms with van der Waals surface area (Å²) in [4.78, 5) is -0.178. The first kappa shape index (κ1) is 16.6. The van der Waals surface area contributed by atoms with Crippen molar-refractivity contribution in [3.63, 3.8) is 0 Å². The third kappa shape index (κ3) is 3.64. The normalized spacial score (nSPS) is 13.2. The van der Waals surface area contributed by atoms with Gasteiger partial charge in [0.15, 0.2) is 0 Å². The first-order valence-electron chi connectivity index (χ1n) is 7.81. The van der Waals surface area contributed by atoms with Crippen molar-refractivity contribution in [3.05, 3.63) is 71.8 Å². The topological polar surface area (TPSA) is 73.8 Å². The molecule has 5 heteroatoms. The number of aryl methyl sites for hydroxylation is 1. The summed E-state index contributed by atoms with van der Waals surface area (Å²) in [5.74, 6) is 0. The van der Waals surface area contributed by atoms with Crippen LogP contribution in [0.3, 0.4) is 0 Å². The van der Waals surface area contributed by atoms with Gasteiger partial charge < -0.3 is 9.87 Å². The summed E-state index contributed by atoms with van der Waals surface area (Å²) in [6.07, 6.45) is 1.22. The molecule has 4 rings (SSSR count). The van der Waals surface area contributed by atoms with Crippen LogP contribution in [-0.2, 0) is 16.5 Å². The van der Waals surface area contributed by atoms with Crippen LogP contribution in [0.15, 0.2) is 65.6 Å². The van der Waals surface area contributed by atoms with E-state index in [4.69, 9.17) is 0 Å². The van der Waals surface area contributed by atoms with Gasteiger partial charge in [-0.25, -0.2) is 8.42 Å². The number of rotatable bonds is 1. The molecular formula is C19H19NO3S. The van der Waals surface area contributed by atoms with E-state index in [0.29, 0.717) is 0 Å². The molecule has 0 bridgehead atoms. The Hall–Kier alpha value is -2.21. The second kappa shape index (κ2) is 6.73. The average Bonchev–Trinajstić information content (AvgIpc) is 3.04. The second-order valence-electron chi connectivity index (χ2n) is 5.86. The van der Waals surface area contributed by atoms with Crippen LogP contribution in [0.5, 0.6) is 0 Å². The summed E-state index contributed by atoms with van der Waals surface area (Å²) in [6.45, 7) is 3.03. The monoisotopic (exact) mass is 341 g/mol. The largest absolute Gasteiger partial charge is 0.744 e. The number of nitrogens with two attached hydrogens (primary N) is 1. The minimum Gasteiger partial charge on any atom is -0.744 e. The van der Waals surface area contributed by atoms with E-state index in [9.17, 15) is 13.0 Å². The number of hydrogen-bond donors (Lipinski definition) is 1. The Morgan fingerprint density at radius 3 is 2.38 bits per heavy atom. The molecule has 0 saturated carbocycles. The van der Waals surface area contributed by atoms with Crippen LogP contribution in [0.2, 0.25) is 0 Å². The zero-order valence-corrected chi connectivity index (χ0v) is 14.2. The van der Waals surface area contributed by atoms with Gasteiger partial charge in [-0.3, -0.25) is 0 Å². The molecule has 0 atom stereocenters. The molecular weight excluding hydrogens is 322 g/mol. The molecule has 2 N–H and O–H groups in total. The molecule has 3 aromatic rings. The van der Waals surface area contributed by atoms with E-state index in [-0.39, 0.29) is 4.90 Å². The summed E-state index contributed by atoms with van der Waals surface area (Å²) in [5.41, 5.74) is 3.91. The summed E-state index contributed by atoms with van der Waals surface area (Å²) in [6, 6.07) is 18.9. The minimum atomic E-state index is -4.27. The number of quaternary nitrogens is 1. The third-order valence-electron chi connectivity index (χ3n) is 4.15. The zero-order valence-electron chi connectivity index (χ0n) is 13.4. The Bertz CT molecular complexity index is 964. The van der Waals surface area contributed by atoms with Gasteiger partial charge >= 0.3 is 0 Å². The predicted octanol–water partition coefficient (Wildman–Crippen LogP) is 2.49. The van der Waals surface area contributed by atoms with Crippen LogP contribution in [0.25, 0.3) is 10.8 Å². The van der Waals surface area contributed by atoms with Crippen molar-refractivity contribution in [3.8, 4) is 0 Å². The molecule has 0 aliphatic carbocycles. The van der Waals surface area contributed by atoms with Gasteiger partial charge in [-0.2, -0.15) is 0 Å². The van der Waals surface area contributed by atoms with Gasteiger partial charge in [-0.1, -0.05) is 42.0 Å². The first-order valence-corrected chi connectivity index (χ1v) is 9.22. The standard InChI is InChI=1S/C12H11N.C7H8O3S/c1-2-4-10-9(3-1)5-6-12-11(10)7-8-13-12;1-6-2-4-7(5-3-6)11(8,9)10/h1-6,13H,7-8H2;2-5H,1H3,(H,8,9,10). The number of benzene rings is 3. The van der Waals surface area contributed by atoms with E-state index < -0.39 is 10.1 Å². The fourth-order valence-corrected chi connectivity index (χ4v) is 3.37. The van der Waals surface area contributed by atoms with Crippen LogP contribution < -0.4 is 5.32 Å². The maximum Gasteiger partial charge on any atom is 0.133 e. The number of hydrogen-bond acceptors (Lipinski definition) is 3. The van der Waals surface area contributed by atoms with Crippen molar-refractivity contribution >= 4 is 26.6 Å². The molecule has 0 radical (unpaired) electrons. The van der Waals surface area contributed by atoms with E-state index in [1.54, 1.807) is 12.1 Å². The van der Waals surface area contributed by atoms with Gasteiger partial charge in [0.2, 0.25) is 0 Å². The molecule has 4 nitrogen and oxygen atoms in total. The van der Waals surface area contributed by atoms with Gasteiger partial charge in [-0.05, 0) is 42.0 Å². The maximum absolute atomic E-state index is 10.4. The van der Waals surface area contributed by atoms with Crippen molar-refractivity contribution in [2.45, 2.75) is 18.2 Å². The third-order valence-corrected chi connectivity index (χ3v) is 4.99. The highest BCUT2D eigenvalue weighted by Gasteiger charge is 2.16. The molecule has 0 unspecified atom stereocenters. The van der Waals surface area contributed by atoms with Crippen molar-refractivity contribution in [2.24, 2.45) is 0 Å². The smallest absolute Gasteiger partial charge is 0.133 e. The van der Waals surface area contributed by atoms with Crippen LogP contribution in [0.4, 0.5) is 5.69 Å². The zero-order chi connectivity index (χ0) is 17.2. The fraction of sp³-hybridized carbons (Fsp3) is 0.158. The molecule has 1 aliphatic rings. The van der Waals surface area contributed by atoms with Gasteiger partial charge in [0.1, 0.15) is 15.8 Å². The Balaban J connectivity index is 0.000000144. The van der Waals surface area contributed by atoms with Crippen LogP contribution >= 0.6 is 0 Å². The Morgan fingerprint density at radius 2 is 1.67 bits per heavy atom. The molecule has 1 aliphatic heterocycles. The van der Waals surface area contributed by atoms with Gasteiger partial charge in [0, 0.05) is 12.0 Å². The summed E-state index contributed by atoms with van der Waals surface area (Å²) in [5, 5.41) is 5.15. The maximum atomic E-state index is 10.4. The molecule has 0 fully saturated rings. The molecule has 1 heterocycles. The van der Waals surface area contributed by atoms with Crippen LogP contribution in [0, 0.1) is 6.92 Å². The summed E-state index contributed by atoms with van der Waals surface area (Å²) >= 11 is 0. The van der Waals surface area contributed by atoms with Gasteiger partial charge in [-0.15, -0.1) is 0 Å². The molecule has 0 aromatic heterocycles.